The number of carbonyl (C=O) groups is 3. The molecule has 1 aliphatic rings. The Kier molecular flexibility index (Phi) is 7.20. The molecule has 35 heavy (non-hydrogen) atoms. The van der Waals surface area contributed by atoms with E-state index in [1.54, 1.807) is 32.9 Å². The lowest BCUT2D eigenvalue weighted by Crippen LogP contribution is -2.39. The molecule has 0 bridgehead atoms. The van der Waals surface area contributed by atoms with Gasteiger partial charge in [-0.1, -0.05) is 29.3 Å². The van der Waals surface area contributed by atoms with E-state index in [0.717, 1.165) is 11.0 Å². The number of benzene rings is 2. The highest BCUT2D eigenvalue weighted by Gasteiger charge is 2.40. The number of esters is 1. The van der Waals surface area contributed by atoms with Crippen LogP contribution < -0.4 is 9.64 Å². The first-order chi connectivity index (χ1) is 16.1. The molecule has 0 spiro atoms. The zero-order valence-corrected chi connectivity index (χ0v) is 21.5. The maximum absolute atomic E-state index is 14.3. The van der Waals surface area contributed by atoms with Crippen molar-refractivity contribution in [1.29, 1.82) is 0 Å². The fourth-order valence-corrected chi connectivity index (χ4v) is 3.69. The summed E-state index contributed by atoms with van der Waals surface area (Å²) in [5, 5.41) is 0.0749. The average Bonchev–Trinajstić information content (AvgIpc) is 3.00. The second-order valence-electron chi connectivity index (χ2n) is 9.25. The van der Waals surface area contributed by atoms with Crippen molar-refractivity contribution in [3.63, 3.8) is 0 Å². The van der Waals surface area contributed by atoms with Gasteiger partial charge in [-0.15, -0.1) is 0 Å². The van der Waals surface area contributed by atoms with E-state index < -0.39 is 35.0 Å². The van der Waals surface area contributed by atoms with Crippen molar-refractivity contribution in [3.05, 3.63) is 57.3 Å². The zero-order chi connectivity index (χ0) is 26.3. The first-order valence-corrected chi connectivity index (χ1v) is 11.3. The van der Waals surface area contributed by atoms with Crippen LogP contribution in [0.1, 0.15) is 45.7 Å². The molecule has 2 aromatic rings. The molecule has 2 aromatic carbocycles. The lowest BCUT2D eigenvalue weighted by Gasteiger charge is -2.24. The lowest BCUT2D eigenvalue weighted by molar-refractivity contribution is -0.156. The molecule has 0 aliphatic carbocycles. The van der Waals surface area contributed by atoms with Crippen LogP contribution in [0.15, 0.2) is 30.3 Å². The Hall–Kier alpha value is -3.10. The Labute approximate surface area is 212 Å². The van der Waals surface area contributed by atoms with E-state index in [1.807, 2.05) is 0 Å². The van der Waals surface area contributed by atoms with E-state index in [1.165, 1.54) is 39.2 Å². The predicted octanol–water partition coefficient (Wildman–Crippen LogP) is 6.29. The Bertz CT molecular complexity index is 1250. The SMILES string of the molecule is COC(=O)C(C)(C)Oc1cc(F)c(Cl)cc1/C=C1/C(=O)N(C(=O)OC(C)(C)C)c2cc(Cl)ccc21. The molecule has 186 valence electrons. The molecule has 2 amide bonds. The smallest absolute Gasteiger partial charge is 0.422 e. The number of carbonyl (C=O) groups excluding carboxylic acids is 3. The number of ether oxygens (including phenoxy) is 3. The third-order valence-electron chi connectivity index (χ3n) is 4.90. The monoisotopic (exact) mass is 523 g/mol. The van der Waals surface area contributed by atoms with E-state index in [-0.39, 0.29) is 27.6 Å². The van der Waals surface area contributed by atoms with Crippen LogP contribution in [-0.2, 0) is 19.1 Å². The number of hydrogen-bond acceptors (Lipinski definition) is 6. The highest BCUT2D eigenvalue weighted by Crippen LogP contribution is 2.42. The van der Waals surface area contributed by atoms with Crippen LogP contribution in [0.25, 0.3) is 11.6 Å². The highest BCUT2D eigenvalue weighted by molar-refractivity contribution is 6.42. The minimum atomic E-state index is -1.48. The van der Waals surface area contributed by atoms with Crippen molar-refractivity contribution >= 4 is 58.5 Å². The summed E-state index contributed by atoms with van der Waals surface area (Å²) < 4.78 is 30.2. The fraction of sp³-hybridized carbons (Fsp3) is 0.320. The van der Waals surface area contributed by atoms with Crippen LogP contribution in [0.3, 0.4) is 0 Å². The Morgan fingerprint density at radius 1 is 1.06 bits per heavy atom. The summed E-state index contributed by atoms with van der Waals surface area (Å²) in [4.78, 5) is 39.3. The van der Waals surface area contributed by atoms with Gasteiger partial charge in [0.05, 0.1) is 23.4 Å². The molecule has 0 radical (unpaired) electrons. The molecular weight excluding hydrogens is 500 g/mol. The molecule has 0 saturated carbocycles. The Balaban J connectivity index is 2.16. The van der Waals surface area contributed by atoms with Gasteiger partial charge in [-0.25, -0.2) is 18.9 Å². The molecule has 0 N–H and O–H groups in total. The van der Waals surface area contributed by atoms with Crippen LogP contribution in [0.2, 0.25) is 10.0 Å². The van der Waals surface area contributed by atoms with Crippen molar-refractivity contribution in [1.82, 2.24) is 0 Å². The quantitative estimate of drug-likeness (QED) is 0.346. The molecule has 0 saturated heterocycles. The summed E-state index contributed by atoms with van der Waals surface area (Å²) in [5.41, 5.74) is -1.42. The van der Waals surface area contributed by atoms with Gasteiger partial charge in [0.2, 0.25) is 0 Å². The third kappa shape index (κ3) is 5.60. The fourth-order valence-electron chi connectivity index (χ4n) is 3.35. The molecular formula is C25H24Cl2FNO6. The van der Waals surface area contributed by atoms with Gasteiger partial charge in [0.15, 0.2) is 5.60 Å². The molecule has 1 heterocycles. The molecule has 10 heteroatoms. The van der Waals surface area contributed by atoms with Crippen LogP contribution in [-0.4, -0.2) is 36.3 Å². The van der Waals surface area contributed by atoms with Crippen molar-refractivity contribution in [3.8, 4) is 5.75 Å². The van der Waals surface area contributed by atoms with E-state index in [4.69, 9.17) is 37.4 Å². The zero-order valence-electron chi connectivity index (χ0n) is 20.0. The van der Waals surface area contributed by atoms with Gasteiger partial charge in [-0.2, -0.15) is 0 Å². The number of hydrogen-bond donors (Lipinski definition) is 0. The molecule has 3 rings (SSSR count). The summed E-state index contributed by atoms with van der Waals surface area (Å²) in [6.45, 7) is 7.92. The van der Waals surface area contributed by atoms with Gasteiger partial charge in [0.25, 0.3) is 5.91 Å². The number of anilines is 1. The van der Waals surface area contributed by atoms with Gasteiger partial charge < -0.3 is 14.2 Å². The normalized spacial score (nSPS) is 14.7. The largest absolute Gasteiger partial charge is 0.475 e. The van der Waals surface area contributed by atoms with E-state index in [2.05, 4.69) is 0 Å². The Morgan fingerprint density at radius 3 is 2.31 bits per heavy atom. The minimum Gasteiger partial charge on any atom is -0.475 e. The topological polar surface area (TPSA) is 82.1 Å². The van der Waals surface area contributed by atoms with Gasteiger partial charge in [-0.05, 0) is 58.9 Å². The number of imide groups is 1. The van der Waals surface area contributed by atoms with E-state index >= 15 is 0 Å². The average molecular weight is 524 g/mol. The van der Waals surface area contributed by atoms with Crippen LogP contribution >= 0.6 is 23.2 Å². The molecule has 0 atom stereocenters. The number of rotatable bonds is 4. The van der Waals surface area contributed by atoms with Crippen molar-refractivity contribution in [2.45, 2.75) is 45.8 Å². The maximum atomic E-state index is 14.3. The number of methoxy groups -OCH3 is 1. The summed E-state index contributed by atoms with van der Waals surface area (Å²) in [6, 6.07) is 6.87. The summed E-state index contributed by atoms with van der Waals surface area (Å²) in [7, 11) is 1.20. The van der Waals surface area contributed by atoms with Crippen molar-refractivity contribution in [2.24, 2.45) is 0 Å². The van der Waals surface area contributed by atoms with Crippen LogP contribution in [0.4, 0.5) is 14.9 Å². The number of halogens is 3. The van der Waals surface area contributed by atoms with Crippen LogP contribution in [0.5, 0.6) is 5.75 Å². The van der Waals surface area contributed by atoms with Gasteiger partial charge in [0.1, 0.15) is 17.2 Å². The summed E-state index contributed by atoms with van der Waals surface area (Å²) in [6.07, 6.45) is 0.517. The number of amides is 2. The number of nitrogens with zero attached hydrogens (tertiary/aromatic N) is 1. The third-order valence-corrected chi connectivity index (χ3v) is 5.42. The van der Waals surface area contributed by atoms with E-state index in [0.29, 0.717) is 10.6 Å². The molecule has 1 aliphatic heterocycles. The Morgan fingerprint density at radius 2 is 1.71 bits per heavy atom. The first kappa shape index (κ1) is 26.5. The molecule has 7 nitrogen and oxygen atoms in total. The van der Waals surface area contributed by atoms with Crippen molar-refractivity contribution in [2.75, 3.05) is 12.0 Å². The second kappa shape index (κ2) is 9.51. The first-order valence-electron chi connectivity index (χ1n) is 10.5. The number of fused-ring (bicyclic) bond motifs is 1. The lowest BCUT2D eigenvalue weighted by atomic mass is 10.0. The second-order valence-corrected chi connectivity index (χ2v) is 10.1. The molecule has 0 fully saturated rings. The summed E-state index contributed by atoms with van der Waals surface area (Å²) in [5.74, 6) is -2.23. The van der Waals surface area contributed by atoms with Gasteiger partial charge >= 0.3 is 12.1 Å². The predicted molar refractivity (Wildman–Crippen MR) is 131 cm³/mol. The van der Waals surface area contributed by atoms with E-state index in [9.17, 15) is 18.8 Å². The minimum absolute atomic E-state index is 0.0613. The van der Waals surface area contributed by atoms with Crippen molar-refractivity contribution < 1.29 is 33.0 Å². The van der Waals surface area contributed by atoms with Gasteiger partial charge in [0, 0.05) is 22.2 Å². The standard InChI is InChI=1S/C25H24Cl2FNO6/c1-24(2,3)35-23(32)29-19-11-14(26)7-8-15(19)16(21(29)30)9-13-10-17(27)18(28)12-20(13)34-25(4,5)22(31)33-6/h7-12H,1-6H3/b16-9+. The maximum Gasteiger partial charge on any atom is 0.422 e. The highest BCUT2D eigenvalue weighted by atomic mass is 35.5. The van der Waals surface area contributed by atoms with Gasteiger partial charge in [-0.3, -0.25) is 4.79 Å². The molecule has 0 unspecified atom stereocenters. The molecule has 0 aromatic heterocycles. The van der Waals surface area contributed by atoms with Crippen LogP contribution in [0, 0.1) is 5.82 Å². The summed E-state index contributed by atoms with van der Waals surface area (Å²) >= 11 is 12.1.